The van der Waals surface area contributed by atoms with Crippen LogP contribution in [0.3, 0.4) is 0 Å². The van der Waals surface area contributed by atoms with Crippen molar-refractivity contribution in [3.05, 3.63) is 70.1 Å². The van der Waals surface area contributed by atoms with Crippen molar-refractivity contribution >= 4 is 27.3 Å². The molecule has 8 nitrogen and oxygen atoms in total. The molecule has 31 heavy (non-hydrogen) atoms. The first-order valence-corrected chi connectivity index (χ1v) is 11.5. The fourth-order valence-corrected chi connectivity index (χ4v) is 5.04. The van der Waals surface area contributed by atoms with Crippen molar-refractivity contribution in [2.45, 2.75) is 31.6 Å². The Bertz CT molecular complexity index is 1320. The average Bonchev–Trinajstić information content (AvgIpc) is 3.28. The summed E-state index contributed by atoms with van der Waals surface area (Å²) in [5.41, 5.74) is 2.25. The van der Waals surface area contributed by atoms with Gasteiger partial charge in [-0.1, -0.05) is 25.1 Å². The van der Waals surface area contributed by atoms with Crippen molar-refractivity contribution in [3.63, 3.8) is 0 Å². The molecule has 0 radical (unpaired) electrons. The van der Waals surface area contributed by atoms with E-state index in [1.807, 2.05) is 18.2 Å². The molecule has 2 aromatic carbocycles. The van der Waals surface area contributed by atoms with E-state index in [0.29, 0.717) is 30.8 Å². The van der Waals surface area contributed by atoms with Gasteiger partial charge in [-0.05, 0) is 49.2 Å². The fourth-order valence-electron chi connectivity index (χ4n) is 3.87. The number of sulfonamides is 1. The number of rotatable bonds is 5. The number of fused-ring (bicyclic) bond motifs is 1. The summed E-state index contributed by atoms with van der Waals surface area (Å²) in [6.07, 6.45) is 0.984. The minimum absolute atomic E-state index is 0.00820. The van der Waals surface area contributed by atoms with Gasteiger partial charge in [0.1, 0.15) is 5.69 Å². The molecule has 0 aliphatic carbocycles. The fraction of sp³-hybridized carbons (Fsp3) is 0.273. The number of hydrogen-bond acceptors (Lipinski definition) is 4. The molecule has 0 fully saturated rings. The highest BCUT2D eigenvalue weighted by Crippen LogP contribution is 2.31. The van der Waals surface area contributed by atoms with Gasteiger partial charge in [-0.25, -0.2) is 13.1 Å². The van der Waals surface area contributed by atoms with Gasteiger partial charge in [0.05, 0.1) is 16.3 Å². The highest BCUT2D eigenvalue weighted by atomic mass is 32.2. The number of hydrogen-bond donors (Lipinski definition) is 1. The molecule has 0 atom stereocenters. The van der Waals surface area contributed by atoms with Crippen molar-refractivity contribution in [3.8, 4) is 5.69 Å². The summed E-state index contributed by atoms with van der Waals surface area (Å²) in [6.45, 7) is 4.03. The molecule has 0 saturated carbocycles. The summed E-state index contributed by atoms with van der Waals surface area (Å²) in [5.74, 6) is 0.00820. The zero-order chi connectivity index (χ0) is 22.3. The summed E-state index contributed by atoms with van der Waals surface area (Å²) < 4.78 is 31.7. The van der Waals surface area contributed by atoms with Crippen LogP contribution in [-0.4, -0.2) is 30.2 Å². The van der Waals surface area contributed by atoms with E-state index >= 15 is 0 Å². The van der Waals surface area contributed by atoms with E-state index in [-0.39, 0.29) is 16.5 Å². The van der Waals surface area contributed by atoms with Crippen LogP contribution in [0, 0.1) is 6.92 Å². The third-order valence-electron chi connectivity index (χ3n) is 5.65. The van der Waals surface area contributed by atoms with Crippen LogP contribution < -0.4 is 15.2 Å². The lowest BCUT2D eigenvalue weighted by Gasteiger charge is -2.16. The first kappa shape index (κ1) is 20.9. The van der Waals surface area contributed by atoms with Crippen LogP contribution in [0.15, 0.2) is 58.2 Å². The number of carbonyl (C=O) groups excluding carboxylic acids is 1. The van der Waals surface area contributed by atoms with Gasteiger partial charge in [-0.3, -0.25) is 19.0 Å². The van der Waals surface area contributed by atoms with Crippen LogP contribution in [-0.2, 0) is 28.3 Å². The van der Waals surface area contributed by atoms with Gasteiger partial charge >= 0.3 is 0 Å². The predicted octanol–water partition coefficient (Wildman–Crippen LogP) is 2.58. The molecule has 0 unspecified atom stereocenters. The minimum atomic E-state index is -3.99. The summed E-state index contributed by atoms with van der Waals surface area (Å²) in [6, 6.07) is 13.7. The summed E-state index contributed by atoms with van der Waals surface area (Å²) in [4.78, 5) is 26.9. The highest BCUT2D eigenvalue weighted by Gasteiger charge is 2.27. The van der Waals surface area contributed by atoms with E-state index in [2.05, 4.69) is 4.72 Å². The molecule has 1 aromatic heterocycles. The van der Waals surface area contributed by atoms with Crippen LogP contribution in [0.25, 0.3) is 5.69 Å². The Morgan fingerprint density at radius 1 is 1.13 bits per heavy atom. The highest BCUT2D eigenvalue weighted by molar-refractivity contribution is 7.92. The number of nitrogens with zero attached hydrogens (tertiary/aromatic N) is 3. The Hall–Kier alpha value is -3.33. The zero-order valence-electron chi connectivity index (χ0n) is 17.6. The molecule has 1 N–H and O–H groups in total. The Kier molecular flexibility index (Phi) is 5.22. The molecule has 0 saturated heterocycles. The molecule has 1 aliphatic heterocycles. The monoisotopic (exact) mass is 440 g/mol. The van der Waals surface area contributed by atoms with Gasteiger partial charge in [0, 0.05) is 25.7 Å². The summed E-state index contributed by atoms with van der Waals surface area (Å²) in [7, 11) is -2.28. The minimum Gasteiger partial charge on any atom is -0.312 e. The largest absolute Gasteiger partial charge is 0.312 e. The van der Waals surface area contributed by atoms with Gasteiger partial charge in [-0.2, -0.15) is 0 Å². The smallest absolute Gasteiger partial charge is 0.296 e. The lowest BCUT2D eigenvalue weighted by atomic mass is 10.2. The van der Waals surface area contributed by atoms with E-state index < -0.39 is 15.6 Å². The van der Waals surface area contributed by atoms with E-state index in [1.54, 1.807) is 54.7 Å². The normalized spacial score (nSPS) is 13.3. The van der Waals surface area contributed by atoms with Crippen molar-refractivity contribution in [1.29, 1.82) is 0 Å². The maximum Gasteiger partial charge on any atom is 0.296 e. The van der Waals surface area contributed by atoms with E-state index in [4.69, 9.17) is 0 Å². The Labute approximate surface area is 180 Å². The zero-order valence-corrected chi connectivity index (χ0v) is 18.4. The number of aromatic nitrogens is 2. The van der Waals surface area contributed by atoms with E-state index in [1.165, 1.54) is 10.7 Å². The SMILES string of the molecule is CCC(=O)N1CCc2cc(S(=O)(=O)Nc3c(C)n(C)n(-c4ccccc4)c3=O)ccc21. The van der Waals surface area contributed by atoms with Crippen LogP contribution in [0.2, 0.25) is 0 Å². The number of nitrogens with one attached hydrogen (secondary N) is 1. The van der Waals surface area contributed by atoms with Gasteiger partial charge in [0.25, 0.3) is 15.6 Å². The molecule has 0 spiro atoms. The molecule has 9 heteroatoms. The Balaban J connectivity index is 1.70. The molecule has 3 aromatic rings. The first-order chi connectivity index (χ1) is 14.7. The lowest BCUT2D eigenvalue weighted by molar-refractivity contribution is -0.118. The molecule has 2 heterocycles. The molecule has 162 valence electrons. The number of para-hydroxylation sites is 1. The molecular formula is C22H24N4O4S. The van der Waals surface area contributed by atoms with Gasteiger partial charge < -0.3 is 4.90 Å². The number of anilines is 2. The number of carbonyl (C=O) groups is 1. The second-order valence-corrected chi connectivity index (χ2v) is 9.16. The second-order valence-electron chi connectivity index (χ2n) is 7.48. The first-order valence-electron chi connectivity index (χ1n) is 10.0. The van der Waals surface area contributed by atoms with Crippen molar-refractivity contribution in [1.82, 2.24) is 9.36 Å². The molecular weight excluding hydrogens is 416 g/mol. The number of amides is 1. The second kappa shape index (κ2) is 7.73. The molecule has 0 bridgehead atoms. The van der Waals surface area contributed by atoms with Crippen molar-refractivity contribution < 1.29 is 13.2 Å². The molecule has 1 amide bonds. The Morgan fingerprint density at radius 2 is 1.84 bits per heavy atom. The van der Waals surface area contributed by atoms with E-state index in [9.17, 15) is 18.0 Å². The quantitative estimate of drug-likeness (QED) is 0.660. The standard InChI is InChI=1S/C22H24N4O4S/c1-4-20(27)25-13-12-16-14-18(10-11-19(16)25)31(29,30)23-21-15(2)24(3)26(22(21)28)17-8-6-5-7-9-17/h5-11,14,23H,4,12-13H2,1-3H3. The van der Waals surface area contributed by atoms with Gasteiger partial charge in [0.15, 0.2) is 0 Å². The lowest BCUT2D eigenvalue weighted by Crippen LogP contribution is -2.27. The van der Waals surface area contributed by atoms with Crippen LogP contribution >= 0.6 is 0 Å². The third-order valence-corrected chi connectivity index (χ3v) is 7.00. The molecule has 4 rings (SSSR count). The average molecular weight is 441 g/mol. The molecule has 1 aliphatic rings. The van der Waals surface area contributed by atoms with Crippen LogP contribution in [0.1, 0.15) is 24.6 Å². The van der Waals surface area contributed by atoms with Crippen LogP contribution in [0.5, 0.6) is 0 Å². The maximum atomic E-state index is 13.1. The van der Waals surface area contributed by atoms with Crippen molar-refractivity contribution in [2.75, 3.05) is 16.2 Å². The van der Waals surface area contributed by atoms with E-state index in [0.717, 1.165) is 11.3 Å². The van der Waals surface area contributed by atoms with Crippen LogP contribution in [0.4, 0.5) is 11.4 Å². The predicted molar refractivity (Wildman–Crippen MR) is 119 cm³/mol. The maximum absolute atomic E-state index is 13.1. The summed E-state index contributed by atoms with van der Waals surface area (Å²) in [5, 5.41) is 0. The van der Waals surface area contributed by atoms with Gasteiger partial charge in [0.2, 0.25) is 5.91 Å². The topological polar surface area (TPSA) is 93.4 Å². The number of benzene rings is 2. The Morgan fingerprint density at radius 3 is 2.52 bits per heavy atom. The van der Waals surface area contributed by atoms with Crippen molar-refractivity contribution in [2.24, 2.45) is 7.05 Å². The summed E-state index contributed by atoms with van der Waals surface area (Å²) >= 11 is 0. The third kappa shape index (κ3) is 3.54. The van der Waals surface area contributed by atoms with Gasteiger partial charge in [-0.15, -0.1) is 0 Å².